The minimum Gasteiger partial charge on any atom is -0.307 e. The van der Waals surface area contributed by atoms with Gasteiger partial charge in [-0.25, -0.2) is 14.4 Å². The van der Waals surface area contributed by atoms with E-state index in [0.717, 1.165) is 14.9 Å². The van der Waals surface area contributed by atoms with Crippen LogP contribution in [0.3, 0.4) is 0 Å². The molecule has 0 atom stereocenters. The van der Waals surface area contributed by atoms with Gasteiger partial charge in [0.25, 0.3) is 0 Å². The topological polar surface area (TPSA) is 37.8 Å². The van der Waals surface area contributed by atoms with Crippen LogP contribution in [0.1, 0.15) is 0 Å². The summed E-state index contributed by atoms with van der Waals surface area (Å²) >= 11 is 8.85. The van der Waals surface area contributed by atoms with E-state index < -0.39 is 0 Å². The second-order valence-electron chi connectivity index (χ2n) is 4.36. The molecule has 104 valence electrons. The van der Waals surface area contributed by atoms with Crippen LogP contribution in [-0.4, -0.2) is 9.97 Å². The Balaban J connectivity index is 1.73. The smallest absolute Gasteiger partial charge is 0.190 e. The van der Waals surface area contributed by atoms with Crippen LogP contribution in [0, 0.1) is 5.82 Å². The van der Waals surface area contributed by atoms with Gasteiger partial charge in [-0.05, 0) is 30.3 Å². The number of hydrogen-bond donors (Lipinski definition) is 1. The van der Waals surface area contributed by atoms with E-state index in [0.29, 0.717) is 20.8 Å². The highest BCUT2D eigenvalue weighted by Gasteiger charge is 2.10. The Morgan fingerprint density at radius 2 is 1.81 bits per heavy atom. The highest BCUT2D eigenvalue weighted by Crippen LogP contribution is 2.33. The Kier molecular flexibility index (Phi) is 3.02. The Labute approximate surface area is 132 Å². The molecule has 4 aromatic rings. The Morgan fingerprint density at radius 3 is 2.67 bits per heavy atom. The zero-order chi connectivity index (χ0) is 14.4. The van der Waals surface area contributed by atoms with Gasteiger partial charge in [-0.15, -0.1) is 0 Å². The summed E-state index contributed by atoms with van der Waals surface area (Å²) in [5.74, 6) is -0.312. The van der Waals surface area contributed by atoms with Crippen LogP contribution in [0.5, 0.6) is 0 Å². The summed E-state index contributed by atoms with van der Waals surface area (Å²) in [7, 11) is 0. The average Bonchev–Trinajstić information content (AvgIpc) is 3.02. The first kappa shape index (κ1) is 12.9. The Hall–Kier alpha value is -1.76. The number of para-hydroxylation sites is 1. The van der Waals surface area contributed by atoms with Gasteiger partial charge in [0, 0.05) is 5.02 Å². The predicted octanol–water partition coefficient (Wildman–Crippen LogP) is 5.44. The largest absolute Gasteiger partial charge is 0.307 e. The quantitative estimate of drug-likeness (QED) is 0.530. The summed E-state index contributed by atoms with van der Waals surface area (Å²) < 4.78 is 15.4. The maximum absolute atomic E-state index is 13.6. The van der Waals surface area contributed by atoms with Crippen LogP contribution >= 0.6 is 34.3 Å². The SMILES string of the molecule is Fc1cccc2sc(Nc3nc4ccc(Cl)cc4s3)nc12. The monoisotopic (exact) mass is 335 g/mol. The number of hydrogen-bond acceptors (Lipinski definition) is 5. The van der Waals surface area contributed by atoms with Crippen molar-refractivity contribution in [2.75, 3.05) is 5.32 Å². The fraction of sp³-hybridized carbons (Fsp3) is 0. The van der Waals surface area contributed by atoms with E-state index in [-0.39, 0.29) is 5.82 Å². The number of thiazole rings is 2. The Morgan fingerprint density at radius 1 is 1.00 bits per heavy atom. The lowest BCUT2D eigenvalue weighted by Crippen LogP contribution is -1.87. The van der Waals surface area contributed by atoms with E-state index in [4.69, 9.17) is 11.6 Å². The first-order valence-corrected chi connectivity index (χ1v) is 8.08. The van der Waals surface area contributed by atoms with E-state index in [1.54, 1.807) is 12.1 Å². The van der Waals surface area contributed by atoms with Crippen molar-refractivity contribution < 1.29 is 4.39 Å². The summed E-state index contributed by atoms with van der Waals surface area (Å²) in [4.78, 5) is 8.73. The van der Waals surface area contributed by atoms with Crippen molar-refractivity contribution in [3.05, 3.63) is 47.2 Å². The number of benzene rings is 2. The Bertz CT molecular complexity index is 963. The molecule has 21 heavy (non-hydrogen) atoms. The second-order valence-corrected chi connectivity index (χ2v) is 6.86. The standard InChI is InChI=1S/C14H7ClFN3S2/c15-7-4-5-9-11(6-7)21-13(17-9)19-14-18-12-8(16)2-1-3-10(12)20-14/h1-6H,(H,17,18,19). The number of halogens is 2. The molecule has 7 heteroatoms. The molecule has 2 aromatic carbocycles. The molecule has 0 amide bonds. The predicted molar refractivity (Wildman–Crippen MR) is 87.5 cm³/mol. The van der Waals surface area contributed by atoms with E-state index in [2.05, 4.69) is 15.3 Å². The van der Waals surface area contributed by atoms with Gasteiger partial charge in [0.05, 0.1) is 14.9 Å². The number of rotatable bonds is 2. The van der Waals surface area contributed by atoms with Crippen molar-refractivity contribution in [2.24, 2.45) is 0 Å². The molecule has 0 saturated carbocycles. The van der Waals surface area contributed by atoms with Crippen molar-refractivity contribution in [1.82, 2.24) is 9.97 Å². The normalized spacial score (nSPS) is 11.3. The van der Waals surface area contributed by atoms with Crippen molar-refractivity contribution in [3.8, 4) is 0 Å². The van der Waals surface area contributed by atoms with Gasteiger partial charge in [-0.1, -0.05) is 40.3 Å². The molecule has 0 radical (unpaired) electrons. The summed E-state index contributed by atoms with van der Waals surface area (Å²) in [5, 5.41) is 5.15. The molecule has 1 N–H and O–H groups in total. The molecule has 0 aliphatic heterocycles. The number of nitrogens with one attached hydrogen (secondary N) is 1. The molecule has 0 spiro atoms. The molecule has 2 heterocycles. The van der Waals surface area contributed by atoms with E-state index in [9.17, 15) is 4.39 Å². The van der Waals surface area contributed by atoms with Gasteiger partial charge < -0.3 is 5.32 Å². The van der Waals surface area contributed by atoms with Gasteiger partial charge in [0.15, 0.2) is 10.3 Å². The number of anilines is 2. The van der Waals surface area contributed by atoms with Gasteiger partial charge in [-0.2, -0.15) is 0 Å². The molecule has 0 bridgehead atoms. The zero-order valence-corrected chi connectivity index (χ0v) is 12.8. The van der Waals surface area contributed by atoms with Crippen LogP contribution in [0.15, 0.2) is 36.4 Å². The van der Waals surface area contributed by atoms with Crippen molar-refractivity contribution >= 4 is 65.0 Å². The lowest BCUT2D eigenvalue weighted by molar-refractivity contribution is 0.637. The summed E-state index contributed by atoms with van der Waals surface area (Å²) in [6.45, 7) is 0. The van der Waals surface area contributed by atoms with E-state index in [1.165, 1.54) is 28.7 Å². The highest BCUT2D eigenvalue weighted by molar-refractivity contribution is 7.24. The first-order chi connectivity index (χ1) is 10.2. The highest BCUT2D eigenvalue weighted by atomic mass is 35.5. The third-order valence-corrected chi connectivity index (χ3v) is 5.04. The van der Waals surface area contributed by atoms with Gasteiger partial charge >= 0.3 is 0 Å². The average molecular weight is 336 g/mol. The van der Waals surface area contributed by atoms with Crippen LogP contribution in [0.25, 0.3) is 20.4 Å². The molecule has 0 aliphatic rings. The molecule has 4 rings (SSSR count). The summed E-state index contributed by atoms with van der Waals surface area (Å²) in [5.41, 5.74) is 1.26. The number of fused-ring (bicyclic) bond motifs is 2. The molecular weight excluding hydrogens is 329 g/mol. The van der Waals surface area contributed by atoms with Crippen LogP contribution in [0.2, 0.25) is 5.02 Å². The fourth-order valence-electron chi connectivity index (χ4n) is 2.01. The van der Waals surface area contributed by atoms with Crippen LogP contribution in [0.4, 0.5) is 14.7 Å². The van der Waals surface area contributed by atoms with E-state index in [1.807, 2.05) is 18.2 Å². The maximum atomic E-state index is 13.6. The van der Waals surface area contributed by atoms with Crippen LogP contribution in [-0.2, 0) is 0 Å². The minimum absolute atomic E-state index is 0.312. The van der Waals surface area contributed by atoms with Gasteiger partial charge in [0.1, 0.15) is 11.3 Å². The lowest BCUT2D eigenvalue weighted by atomic mass is 10.3. The summed E-state index contributed by atoms with van der Waals surface area (Å²) in [6, 6.07) is 10.5. The third kappa shape index (κ3) is 2.35. The first-order valence-electron chi connectivity index (χ1n) is 6.07. The van der Waals surface area contributed by atoms with Gasteiger partial charge in [0.2, 0.25) is 0 Å². The van der Waals surface area contributed by atoms with Gasteiger partial charge in [-0.3, -0.25) is 0 Å². The fourth-order valence-corrected chi connectivity index (χ4v) is 4.10. The molecule has 2 aromatic heterocycles. The molecule has 0 aliphatic carbocycles. The maximum Gasteiger partial charge on any atom is 0.190 e. The summed E-state index contributed by atoms with van der Waals surface area (Å²) in [6.07, 6.45) is 0. The minimum atomic E-state index is -0.312. The van der Waals surface area contributed by atoms with Crippen molar-refractivity contribution in [2.45, 2.75) is 0 Å². The number of aromatic nitrogens is 2. The van der Waals surface area contributed by atoms with Crippen LogP contribution < -0.4 is 5.32 Å². The molecular formula is C14H7ClFN3S2. The van der Waals surface area contributed by atoms with Crippen molar-refractivity contribution in [3.63, 3.8) is 0 Å². The zero-order valence-electron chi connectivity index (χ0n) is 10.4. The second kappa shape index (κ2) is 4.91. The number of nitrogens with zero attached hydrogens (tertiary/aromatic N) is 2. The lowest BCUT2D eigenvalue weighted by Gasteiger charge is -1.93. The molecule has 3 nitrogen and oxygen atoms in total. The third-order valence-electron chi connectivity index (χ3n) is 2.93. The molecule has 0 fully saturated rings. The van der Waals surface area contributed by atoms with E-state index >= 15 is 0 Å². The van der Waals surface area contributed by atoms with Crippen molar-refractivity contribution in [1.29, 1.82) is 0 Å². The molecule has 0 unspecified atom stereocenters. The molecule has 0 saturated heterocycles.